The summed E-state index contributed by atoms with van der Waals surface area (Å²) in [5, 5.41) is 0. The lowest BCUT2D eigenvalue weighted by Gasteiger charge is -2.17. The molecule has 0 aromatic heterocycles. The van der Waals surface area contributed by atoms with Crippen LogP contribution in [0.5, 0.6) is 0 Å². The van der Waals surface area contributed by atoms with Gasteiger partial charge in [0.2, 0.25) is 10.0 Å². The molecule has 1 saturated heterocycles. The number of halogens is 3. The van der Waals surface area contributed by atoms with Gasteiger partial charge in [0.05, 0.1) is 4.90 Å². The third-order valence-electron chi connectivity index (χ3n) is 4.53. The first-order valence-electron chi connectivity index (χ1n) is 7.74. The largest absolute Gasteiger partial charge is 0.330 e. The minimum Gasteiger partial charge on any atom is -0.330 e. The van der Waals surface area contributed by atoms with Gasteiger partial charge in [-0.1, -0.05) is 30.3 Å². The zero-order chi connectivity index (χ0) is 18.2. The fourth-order valence-electron chi connectivity index (χ4n) is 3.17. The van der Waals surface area contributed by atoms with Crippen molar-refractivity contribution in [2.24, 2.45) is 11.7 Å². The number of hydrogen-bond donors (Lipinski definition) is 1. The topological polar surface area (TPSA) is 63.4 Å². The summed E-state index contributed by atoms with van der Waals surface area (Å²) >= 11 is 0. The summed E-state index contributed by atoms with van der Waals surface area (Å²) in [4.78, 5) is -0.603. The zero-order valence-electron chi connectivity index (χ0n) is 13.2. The third-order valence-corrected chi connectivity index (χ3v) is 6.34. The standard InChI is InChI=1S/C17H17F3N2O2S/c18-15-6-13(7-16(19)17(15)20)25(23,24)22-9-12(8-21)14(10-22)11-4-2-1-3-5-11/h1-7,12,14H,8-10,21H2/t12-,14+/m1/s1. The van der Waals surface area contributed by atoms with Gasteiger partial charge in [-0.05, 0) is 30.2 Å². The van der Waals surface area contributed by atoms with Gasteiger partial charge < -0.3 is 5.73 Å². The van der Waals surface area contributed by atoms with E-state index in [9.17, 15) is 21.6 Å². The minimum atomic E-state index is -4.15. The summed E-state index contributed by atoms with van der Waals surface area (Å²) in [6.45, 7) is 0.561. The molecule has 1 heterocycles. The van der Waals surface area contributed by atoms with Crippen molar-refractivity contribution in [1.82, 2.24) is 4.31 Å². The highest BCUT2D eigenvalue weighted by Crippen LogP contribution is 2.35. The molecule has 3 rings (SSSR count). The Morgan fingerprint density at radius 2 is 1.64 bits per heavy atom. The van der Waals surface area contributed by atoms with Gasteiger partial charge >= 0.3 is 0 Å². The summed E-state index contributed by atoms with van der Waals surface area (Å²) in [5.74, 6) is -4.99. The molecule has 0 amide bonds. The Bertz CT molecular complexity index is 852. The van der Waals surface area contributed by atoms with Crippen LogP contribution in [0.25, 0.3) is 0 Å². The lowest BCUT2D eigenvalue weighted by molar-refractivity contribution is 0.435. The zero-order valence-corrected chi connectivity index (χ0v) is 14.0. The van der Waals surface area contributed by atoms with Crippen LogP contribution in [0.15, 0.2) is 47.4 Å². The van der Waals surface area contributed by atoms with E-state index in [1.165, 1.54) is 0 Å². The maximum Gasteiger partial charge on any atom is 0.243 e. The molecular formula is C17H17F3N2O2S. The molecule has 4 nitrogen and oxygen atoms in total. The molecule has 0 bridgehead atoms. The maximum atomic E-state index is 13.4. The van der Waals surface area contributed by atoms with E-state index >= 15 is 0 Å². The van der Waals surface area contributed by atoms with E-state index in [2.05, 4.69) is 0 Å². The Morgan fingerprint density at radius 3 is 2.20 bits per heavy atom. The van der Waals surface area contributed by atoms with Crippen molar-refractivity contribution >= 4 is 10.0 Å². The monoisotopic (exact) mass is 370 g/mol. The molecule has 2 aromatic rings. The quantitative estimate of drug-likeness (QED) is 0.841. The van der Waals surface area contributed by atoms with Gasteiger partial charge in [-0.15, -0.1) is 0 Å². The molecule has 1 fully saturated rings. The number of sulfonamides is 1. The highest BCUT2D eigenvalue weighted by atomic mass is 32.2. The molecule has 134 valence electrons. The fraction of sp³-hybridized carbons (Fsp3) is 0.294. The maximum absolute atomic E-state index is 13.4. The smallest absolute Gasteiger partial charge is 0.243 e. The van der Waals surface area contributed by atoms with Crippen LogP contribution in [0.4, 0.5) is 13.2 Å². The SMILES string of the molecule is NC[C@@H]1CN(S(=O)(=O)c2cc(F)c(F)c(F)c2)C[C@H]1c1ccccc1. The van der Waals surface area contributed by atoms with E-state index in [0.717, 1.165) is 9.87 Å². The van der Waals surface area contributed by atoms with Crippen LogP contribution >= 0.6 is 0 Å². The molecule has 0 unspecified atom stereocenters. The molecule has 2 atom stereocenters. The summed E-state index contributed by atoms with van der Waals surface area (Å²) in [7, 11) is -4.15. The van der Waals surface area contributed by atoms with Crippen molar-refractivity contribution in [1.29, 1.82) is 0 Å². The van der Waals surface area contributed by atoms with Gasteiger partial charge in [-0.25, -0.2) is 21.6 Å². The second-order valence-electron chi connectivity index (χ2n) is 6.04. The van der Waals surface area contributed by atoms with Crippen molar-refractivity contribution < 1.29 is 21.6 Å². The Hall–Kier alpha value is -1.90. The molecule has 1 aliphatic heterocycles. The Kier molecular flexibility index (Phi) is 4.86. The third kappa shape index (κ3) is 3.29. The number of rotatable bonds is 4. The van der Waals surface area contributed by atoms with Gasteiger partial charge in [0.1, 0.15) is 0 Å². The fourth-order valence-corrected chi connectivity index (χ4v) is 4.72. The molecular weight excluding hydrogens is 353 g/mol. The van der Waals surface area contributed by atoms with Crippen LogP contribution in [0, 0.1) is 23.4 Å². The van der Waals surface area contributed by atoms with Crippen LogP contribution in [-0.4, -0.2) is 32.4 Å². The normalized spacial score (nSPS) is 21.6. The lowest BCUT2D eigenvalue weighted by Crippen LogP contribution is -2.30. The van der Waals surface area contributed by atoms with E-state index in [-0.39, 0.29) is 31.5 Å². The van der Waals surface area contributed by atoms with E-state index in [1.807, 2.05) is 30.3 Å². The van der Waals surface area contributed by atoms with Gasteiger partial charge in [0, 0.05) is 19.0 Å². The second kappa shape index (κ2) is 6.78. The predicted molar refractivity (Wildman–Crippen MR) is 86.8 cm³/mol. The van der Waals surface area contributed by atoms with Gasteiger partial charge in [0.25, 0.3) is 0 Å². The molecule has 2 N–H and O–H groups in total. The number of nitrogens with two attached hydrogens (primary N) is 1. The van der Waals surface area contributed by atoms with Crippen LogP contribution in [-0.2, 0) is 10.0 Å². The summed E-state index contributed by atoms with van der Waals surface area (Å²) in [6, 6.07) is 10.3. The number of nitrogens with zero attached hydrogens (tertiary/aromatic N) is 1. The molecule has 0 spiro atoms. The molecule has 0 radical (unpaired) electrons. The predicted octanol–water partition coefficient (Wildman–Crippen LogP) is 2.47. The van der Waals surface area contributed by atoms with Crippen LogP contribution in [0.2, 0.25) is 0 Å². The average molecular weight is 370 g/mol. The summed E-state index contributed by atoms with van der Waals surface area (Å²) < 4.78 is 66.5. The number of benzene rings is 2. The van der Waals surface area contributed by atoms with E-state index in [0.29, 0.717) is 12.1 Å². The Morgan fingerprint density at radius 1 is 1.04 bits per heavy atom. The van der Waals surface area contributed by atoms with E-state index < -0.39 is 32.4 Å². The summed E-state index contributed by atoms with van der Waals surface area (Å²) in [6.07, 6.45) is 0. The van der Waals surface area contributed by atoms with Crippen LogP contribution < -0.4 is 5.73 Å². The first-order chi connectivity index (χ1) is 11.8. The molecule has 0 saturated carbocycles. The first kappa shape index (κ1) is 17.9. The van der Waals surface area contributed by atoms with E-state index in [1.54, 1.807) is 0 Å². The average Bonchev–Trinajstić information content (AvgIpc) is 3.05. The highest BCUT2D eigenvalue weighted by Gasteiger charge is 2.39. The van der Waals surface area contributed by atoms with Crippen LogP contribution in [0.1, 0.15) is 11.5 Å². The van der Waals surface area contributed by atoms with Crippen molar-refractivity contribution in [2.75, 3.05) is 19.6 Å². The minimum absolute atomic E-state index is 0.115. The molecule has 8 heteroatoms. The first-order valence-corrected chi connectivity index (χ1v) is 9.18. The van der Waals surface area contributed by atoms with Gasteiger partial charge in [0.15, 0.2) is 17.5 Å². The number of hydrogen-bond acceptors (Lipinski definition) is 3. The highest BCUT2D eigenvalue weighted by molar-refractivity contribution is 7.89. The lowest BCUT2D eigenvalue weighted by atomic mass is 9.89. The van der Waals surface area contributed by atoms with Crippen molar-refractivity contribution in [3.63, 3.8) is 0 Å². The summed E-state index contributed by atoms with van der Waals surface area (Å²) in [5.41, 5.74) is 6.73. The molecule has 25 heavy (non-hydrogen) atoms. The van der Waals surface area contributed by atoms with Crippen molar-refractivity contribution in [3.05, 3.63) is 65.5 Å². The Labute approximate surface area is 144 Å². The van der Waals surface area contributed by atoms with Crippen molar-refractivity contribution in [3.8, 4) is 0 Å². The van der Waals surface area contributed by atoms with Gasteiger partial charge in [-0.2, -0.15) is 4.31 Å². The molecule has 1 aliphatic rings. The molecule has 0 aliphatic carbocycles. The Balaban J connectivity index is 1.94. The van der Waals surface area contributed by atoms with E-state index in [4.69, 9.17) is 5.73 Å². The molecule has 2 aromatic carbocycles. The van der Waals surface area contributed by atoms with Crippen LogP contribution in [0.3, 0.4) is 0 Å². The second-order valence-corrected chi connectivity index (χ2v) is 7.97. The van der Waals surface area contributed by atoms with Crippen molar-refractivity contribution in [2.45, 2.75) is 10.8 Å². The van der Waals surface area contributed by atoms with Gasteiger partial charge in [-0.3, -0.25) is 0 Å².